The van der Waals surface area contributed by atoms with Gasteiger partial charge in [0.25, 0.3) is 0 Å². The van der Waals surface area contributed by atoms with Gasteiger partial charge in [0, 0.05) is 32.7 Å². The lowest BCUT2D eigenvalue weighted by atomic mass is 10.2. The number of guanidine groups is 1. The van der Waals surface area contributed by atoms with Crippen LogP contribution >= 0.6 is 24.0 Å². The Bertz CT molecular complexity index is 705. The average Bonchev–Trinajstić information content (AvgIpc) is 3.14. The second kappa shape index (κ2) is 13.3. The molecular formula is C19H31IN6O2. The fraction of sp³-hybridized carbons (Fsp3) is 0.526. The van der Waals surface area contributed by atoms with Crippen molar-refractivity contribution in [2.24, 2.45) is 4.99 Å². The van der Waals surface area contributed by atoms with Gasteiger partial charge in [0.15, 0.2) is 5.96 Å². The highest BCUT2D eigenvalue weighted by Crippen LogP contribution is 2.11. The van der Waals surface area contributed by atoms with E-state index in [-0.39, 0.29) is 30.0 Å². The third-order valence-electron chi connectivity index (χ3n) is 4.04. The van der Waals surface area contributed by atoms with Gasteiger partial charge in [-0.25, -0.2) is 4.99 Å². The quantitative estimate of drug-likeness (QED) is 0.295. The van der Waals surface area contributed by atoms with Crippen molar-refractivity contribution >= 4 is 29.9 Å². The largest absolute Gasteiger partial charge is 0.497 e. The first-order valence-corrected chi connectivity index (χ1v) is 9.19. The number of aryl methyl sites for hydroxylation is 1. The van der Waals surface area contributed by atoms with Crippen molar-refractivity contribution in [2.45, 2.75) is 39.4 Å². The Morgan fingerprint density at radius 1 is 1.25 bits per heavy atom. The van der Waals surface area contributed by atoms with E-state index in [2.05, 4.69) is 34.7 Å². The minimum atomic E-state index is 0. The molecule has 2 N–H and O–H groups in total. The molecule has 2 aromatic rings. The molecule has 0 saturated heterocycles. The number of halogens is 1. The molecule has 0 aliphatic rings. The molecule has 28 heavy (non-hydrogen) atoms. The van der Waals surface area contributed by atoms with Gasteiger partial charge in [0.1, 0.15) is 17.9 Å². The summed E-state index contributed by atoms with van der Waals surface area (Å²) in [5.74, 6) is 2.57. The Balaban J connectivity index is 0.00000392. The molecule has 0 spiro atoms. The number of benzene rings is 1. The Kier molecular flexibility index (Phi) is 11.5. The zero-order valence-corrected chi connectivity index (χ0v) is 19.3. The molecule has 1 atom stereocenters. The first kappa shape index (κ1) is 24.2. The van der Waals surface area contributed by atoms with Gasteiger partial charge < -0.3 is 24.7 Å². The van der Waals surface area contributed by atoms with Crippen molar-refractivity contribution in [1.29, 1.82) is 0 Å². The summed E-state index contributed by atoms with van der Waals surface area (Å²) in [6.07, 6.45) is 2.62. The molecule has 0 radical (unpaired) electrons. The SMILES string of the molecule is CCc1nncn1CCNC(=NCc1ccc(OC)cc1)NC(C)COC.I. The maximum absolute atomic E-state index is 5.21. The molecule has 156 valence electrons. The summed E-state index contributed by atoms with van der Waals surface area (Å²) in [5, 5.41) is 14.8. The lowest BCUT2D eigenvalue weighted by Gasteiger charge is -2.18. The van der Waals surface area contributed by atoms with Crippen LogP contribution in [0.2, 0.25) is 0 Å². The summed E-state index contributed by atoms with van der Waals surface area (Å²) >= 11 is 0. The topological polar surface area (TPSA) is 85.6 Å². The Morgan fingerprint density at radius 3 is 2.64 bits per heavy atom. The van der Waals surface area contributed by atoms with Crippen molar-refractivity contribution in [3.8, 4) is 5.75 Å². The molecule has 9 heteroatoms. The molecule has 0 bridgehead atoms. The molecule has 0 aliphatic carbocycles. The maximum atomic E-state index is 5.21. The van der Waals surface area contributed by atoms with E-state index in [1.54, 1.807) is 20.5 Å². The molecule has 0 amide bonds. The van der Waals surface area contributed by atoms with E-state index in [0.717, 1.165) is 42.6 Å². The van der Waals surface area contributed by atoms with E-state index in [0.29, 0.717) is 13.2 Å². The molecule has 8 nitrogen and oxygen atoms in total. The summed E-state index contributed by atoms with van der Waals surface area (Å²) < 4.78 is 12.4. The van der Waals surface area contributed by atoms with E-state index >= 15 is 0 Å². The second-order valence-corrected chi connectivity index (χ2v) is 6.23. The van der Waals surface area contributed by atoms with Gasteiger partial charge in [-0.15, -0.1) is 34.2 Å². The smallest absolute Gasteiger partial charge is 0.191 e. The maximum Gasteiger partial charge on any atom is 0.191 e. The second-order valence-electron chi connectivity index (χ2n) is 6.23. The molecule has 0 fully saturated rings. The number of hydrogen-bond donors (Lipinski definition) is 2. The monoisotopic (exact) mass is 502 g/mol. The summed E-state index contributed by atoms with van der Waals surface area (Å²) in [7, 11) is 3.36. The standard InChI is InChI=1S/C19H30N6O2.HI/c1-5-18-24-22-14-25(18)11-10-20-19(23-15(2)13-26-3)21-12-16-6-8-17(27-4)9-7-16;/h6-9,14-15H,5,10-13H2,1-4H3,(H2,20,21,23);1H. The highest BCUT2D eigenvalue weighted by molar-refractivity contribution is 14.0. The number of ether oxygens (including phenoxy) is 2. The predicted molar refractivity (Wildman–Crippen MR) is 121 cm³/mol. The number of methoxy groups -OCH3 is 2. The number of rotatable bonds is 10. The first-order valence-electron chi connectivity index (χ1n) is 9.19. The number of hydrogen-bond acceptors (Lipinski definition) is 5. The summed E-state index contributed by atoms with van der Waals surface area (Å²) in [5.41, 5.74) is 1.11. The molecule has 2 rings (SSSR count). The first-order chi connectivity index (χ1) is 13.2. The highest BCUT2D eigenvalue weighted by atomic mass is 127. The third kappa shape index (κ3) is 8.01. The number of nitrogens with one attached hydrogen (secondary N) is 2. The highest BCUT2D eigenvalue weighted by Gasteiger charge is 2.06. The van der Waals surface area contributed by atoms with Crippen LogP contribution in [-0.2, 0) is 24.2 Å². The molecule has 0 saturated carbocycles. The van der Waals surface area contributed by atoms with Crippen molar-refractivity contribution in [1.82, 2.24) is 25.4 Å². The van der Waals surface area contributed by atoms with Crippen LogP contribution in [0.4, 0.5) is 0 Å². The van der Waals surface area contributed by atoms with Gasteiger partial charge in [0.05, 0.1) is 20.3 Å². The van der Waals surface area contributed by atoms with Gasteiger partial charge in [0.2, 0.25) is 0 Å². The van der Waals surface area contributed by atoms with Gasteiger partial charge >= 0.3 is 0 Å². The predicted octanol–water partition coefficient (Wildman–Crippen LogP) is 2.24. The van der Waals surface area contributed by atoms with Crippen LogP contribution in [0.1, 0.15) is 25.2 Å². The third-order valence-corrected chi connectivity index (χ3v) is 4.04. The zero-order valence-electron chi connectivity index (χ0n) is 17.0. The van der Waals surface area contributed by atoms with Crippen molar-refractivity contribution in [2.75, 3.05) is 27.4 Å². The summed E-state index contributed by atoms with van der Waals surface area (Å²) in [4.78, 5) is 4.69. The van der Waals surface area contributed by atoms with E-state index in [4.69, 9.17) is 14.5 Å². The lowest BCUT2D eigenvalue weighted by Crippen LogP contribution is -2.45. The van der Waals surface area contributed by atoms with Gasteiger partial charge in [-0.3, -0.25) is 0 Å². The van der Waals surface area contributed by atoms with Crippen LogP contribution in [0.25, 0.3) is 0 Å². The van der Waals surface area contributed by atoms with E-state index in [1.807, 2.05) is 28.8 Å². The van der Waals surface area contributed by atoms with Crippen LogP contribution < -0.4 is 15.4 Å². The van der Waals surface area contributed by atoms with Crippen LogP contribution in [0.3, 0.4) is 0 Å². The van der Waals surface area contributed by atoms with E-state index < -0.39 is 0 Å². The van der Waals surface area contributed by atoms with Crippen LogP contribution in [0.5, 0.6) is 5.75 Å². The van der Waals surface area contributed by atoms with Crippen LogP contribution in [0, 0.1) is 0 Å². The van der Waals surface area contributed by atoms with Gasteiger partial charge in [-0.05, 0) is 24.6 Å². The molecule has 1 unspecified atom stereocenters. The number of aromatic nitrogens is 3. The fourth-order valence-electron chi connectivity index (χ4n) is 2.61. The molecule has 1 aromatic heterocycles. The number of aliphatic imine (C=N–C) groups is 1. The zero-order chi connectivity index (χ0) is 19.5. The minimum absolute atomic E-state index is 0. The van der Waals surface area contributed by atoms with Crippen LogP contribution in [-0.4, -0.2) is 54.1 Å². The molecular weight excluding hydrogens is 471 g/mol. The minimum Gasteiger partial charge on any atom is -0.497 e. The molecule has 0 aliphatic heterocycles. The Hall–Kier alpha value is -1.88. The van der Waals surface area contributed by atoms with Gasteiger partial charge in [-0.2, -0.15) is 0 Å². The van der Waals surface area contributed by atoms with E-state index in [9.17, 15) is 0 Å². The number of nitrogens with zero attached hydrogens (tertiary/aromatic N) is 4. The Morgan fingerprint density at radius 2 is 2.00 bits per heavy atom. The van der Waals surface area contributed by atoms with Gasteiger partial charge in [-0.1, -0.05) is 19.1 Å². The Labute approximate surface area is 184 Å². The fourth-order valence-corrected chi connectivity index (χ4v) is 2.61. The van der Waals surface area contributed by atoms with Crippen molar-refractivity contribution in [3.05, 3.63) is 42.0 Å². The summed E-state index contributed by atoms with van der Waals surface area (Å²) in [6, 6.07) is 8.07. The van der Waals surface area contributed by atoms with Crippen LogP contribution in [0.15, 0.2) is 35.6 Å². The average molecular weight is 502 g/mol. The van der Waals surface area contributed by atoms with E-state index in [1.165, 1.54) is 0 Å². The molecule has 1 heterocycles. The lowest BCUT2D eigenvalue weighted by molar-refractivity contribution is 0.179. The summed E-state index contributed by atoms with van der Waals surface area (Å²) in [6.45, 7) is 6.81. The normalized spacial score (nSPS) is 12.2. The molecule has 1 aromatic carbocycles. The van der Waals surface area contributed by atoms with Crippen molar-refractivity contribution < 1.29 is 9.47 Å². The van der Waals surface area contributed by atoms with Crippen molar-refractivity contribution in [3.63, 3.8) is 0 Å².